The Bertz CT molecular complexity index is 318. The SMILES string of the molecule is CC(C)=NN=C(N)N.O=C(O)CCCC[C@@H]1CCSS1. The molecule has 0 aromatic rings. The third-order valence-electron chi connectivity index (χ3n) is 2.26. The van der Waals surface area contributed by atoms with Crippen LogP contribution in [0.3, 0.4) is 0 Å². The molecule has 0 bridgehead atoms. The zero-order valence-corrected chi connectivity index (χ0v) is 13.7. The molecule has 0 aromatic carbocycles. The molecule has 1 saturated heterocycles. The quantitative estimate of drug-likeness (QED) is 0.228. The summed E-state index contributed by atoms with van der Waals surface area (Å²) in [5.74, 6) is 0.600. The topological polar surface area (TPSA) is 114 Å². The fraction of sp³-hybridized carbons (Fsp3) is 0.750. The monoisotopic (exact) mass is 320 g/mol. The molecule has 1 rings (SSSR count). The number of hydrogen-bond acceptors (Lipinski definition) is 5. The van der Waals surface area contributed by atoms with Gasteiger partial charge in [0.2, 0.25) is 5.96 Å². The highest BCUT2D eigenvalue weighted by molar-refractivity contribution is 8.77. The molecule has 116 valence electrons. The van der Waals surface area contributed by atoms with E-state index in [-0.39, 0.29) is 5.96 Å². The fourth-order valence-electron chi connectivity index (χ4n) is 1.37. The van der Waals surface area contributed by atoms with Crippen LogP contribution in [0.1, 0.15) is 46.0 Å². The highest BCUT2D eigenvalue weighted by Gasteiger charge is 2.15. The van der Waals surface area contributed by atoms with Crippen LogP contribution in [0, 0.1) is 0 Å². The van der Waals surface area contributed by atoms with Gasteiger partial charge in [-0.25, -0.2) is 0 Å². The zero-order valence-electron chi connectivity index (χ0n) is 12.0. The number of carbonyl (C=O) groups is 1. The molecule has 5 N–H and O–H groups in total. The van der Waals surface area contributed by atoms with Gasteiger partial charge in [0.25, 0.3) is 0 Å². The summed E-state index contributed by atoms with van der Waals surface area (Å²) in [6.07, 6.45) is 4.76. The van der Waals surface area contributed by atoms with Gasteiger partial charge in [-0.2, -0.15) is 5.10 Å². The van der Waals surface area contributed by atoms with Gasteiger partial charge in [-0.3, -0.25) is 4.79 Å². The molecule has 1 fully saturated rings. The Kier molecular flexibility index (Phi) is 11.4. The van der Waals surface area contributed by atoms with Gasteiger partial charge in [0.15, 0.2) is 0 Å². The molecule has 8 heteroatoms. The molecule has 20 heavy (non-hydrogen) atoms. The molecule has 0 radical (unpaired) electrons. The molecule has 1 aliphatic rings. The summed E-state index contributed by atoms with van der Waals surface area (Å²) in [7, 11) is 3.92. The molecule has 1 atom stereocenters. The number of nitrogens with zero attached hydrogens (tertiary/aromatic N) is 2. The highest BCUT2D eigenvalue weighted by Crippen LogP contribution is 2.39. The lowest BCUT2D eigenvalue weighted by Gasteiger charge is -2.04. The second-order valence-corrected chi connectivity index (χ2v) is 7.33. The van der Waals surface area contributed by atoms with E-state index in [1.165, 1.54) is 18.6 Å². The smallest absolute Gasteiger partial charge is 0.303 e. The Morgan fingerprint density at radius 1 is 1.30 bits per heavy atom. The lowest BCUT2D eigenvalue weighted by Crippen LogP contribution is -2.21. The number of unbranched alkanes of at least 4 members (excludes halogenated alkanes) is 1. The number of nitrogens with two attached hydrogens (primary N) is 2. The molecule has 1 aliphatic heterocycles. The number of hydrogen-bond donors (Lipinski definition) is 3. The minimum Gasteiger partial charge on any atom is -0.481 e. The van der Waals surface area contributed by atoms with Crippen molar-refractivity contribution in [2.24, 2.45) is 21.7 Å². The van der Waals surface area contributed by atoms with Crippen LogP contribution in [-0.2, 0) is 4.79 Å². The van der Waals surface area contributed by atoms with Gasteiger partial charge >= 0.3 is 5.97 Å². The summed E-state index contributed by atoms with van der Waals surface area (Å²) in [5.41, 5.74) is 10.8. The average molecular weight is 320 g/mol. The van der Waals surface area contributed by atoms with Crippen molar-refractivity contribution in [1.29, 1.82) is 0 Å². The first-order valence-corrected chi connectivity index (χ1v) is 8.90. The van der Waals surface area contributed by atoms with E-state index in [1.54, 1.807) is 0 Å². The molecular weight excluding hydrogens is 296 g/mol. The Morgan fingerprint density at radius 2 is 2.00 bits per heavy atom. The van der Waals surface area contributed by atoms with E-state index in [2.05, 4.69) is 10.2 Å². The van der Waals surface area contributed by atoms with Crippen molar-refractivity contribution in [3.8, 4) is 0 Å². The normalized spacial score (nSPS) is 16.8. The van der Waals surface area contributed by atoms with Crippen molar-refractivity contribution >= 4 is 39.2 Å². The molecule has 0 amide bonds. The number of rotatable bonds is 6. The maximum Gasteiger partial charge on any atom is 0.303 e. The second-order valence-electron chi connectivity index (χ2n) is 4.54. The standard InChI is InChI=1S/C8H14O2S2.C4H10N4/c9-8(10)4-2-1-3-7-5-6-11-12-7;1-3(2)7-8-4(5)6/h7H,1-6H2,(H,9,10);1-2H3,(H4,5,6,8)/t7-;/m1./s1. The summed E-state index contributed by atoms with van der Waals surface area (Å²) in [6.45, 7) is 3.62. The third-order valence-corrected chi connectivity index (χ3v) is 5.27. The Labute approximate surface area is 128 Å². The average Bonchev–Trinajstić information content (AvgIpc) is 2.86. The fourth-order valence-corrected chi connectivity index (χ4v) is 4.40. The minimum atomic E-state index is -0.663. The van der Waals surface area contributed by atoms with E-state index in [0.717, 1.165) is 23.8 Å². The largest absolute Gasteiger partial charge is 0.481 e. The number of aliphatic carboxylic acids is 1. The summed E-state index contributed by atoms with van der Waals surface area (Å²) >= 11 is 0. The van der Waals surface area contributed by atoms with Gasteiger partial charge in [-0.1, -0.05) is 28.0 Å². The minimum absolute atomic E-state index is 0.00815. The molecule has 0 unspecified atom stereocenters. The molecule has 0 spiro atoms. The van der Waals surface area contributed by atoms with Crippen LogP contribution in [-0.4, -0.2) is 33.7 Å². The van der Waals surface area contributed by atoms with E-state index in [4.69, 9.17) is 16.6 Å². The predicted octanol–water partition coefficient (Wildman–Crippen LogP) is 2.44. The van der Waals surface area contributed by atoms with E-state index in [1.807, 2.05) is 35.4 Å². The van der Waals surface area contributed by atoms with Crippen LogP contribution in [0.2, 0.25) is 0 Å². The number of carboxylic acids is 1. The predicted molar refractivity (Wildman–Crippen MR) is 89.2 cm³/mol. The number of carboxylic acid groups (broad SMARTS) is 1. The first-order chi connectivity index (χ1) is 9.41. The first-order valence-electron chi connectivity index (χ1n) is 6.51. The van der Waals surface area contributed by atoms with Crippen molar-refractivity contribution in [2.45, 2.75) is 51.2 Å². The van der Waals surface area contributed by atoms with Crippen LogP contribution in [0.4, 0.5) is 0 Å². The molecule has 0 aliphatic carbocycles. The van der Waals surface area contributed by atoms with Gasteiger partial charge in [-0.05, 0) is 33.1 Å². The maximum absolute atomic E-state index is 10.2. The third kappa shape index (κ3) is 13.5. The first kappa shape index (κ1) is 19.1. The van der Waals surface area contributed by atoms with Gasteiger partial charge in [0.05, 0.1) is 0 Å². The van der Waals surface area contributed by atoms with E-state index >= 15 is 0 Å². The van der Waals surface area contributed by atoms with E-state index < -0.39 is 5.97 Å². The van der Waals surface area contributed by atoms with Gasteiger partial charge in [0.1, 0.15) is 0 Å². The lowest BCUT2D eigenvalue weighted by atomic mass is 10.1. The van der Waals surface area contributed by atoms with Crippen molar-refractivity contribution < 1.29 is 9.90 Å². The van der Waals surface area contributed by atoms with Gasteiger partial charge in [-0.15, -0.1) is 5.10 Å². The molecular formula is C12H24N4O2S2. The van der Waals surface area contributed by atoms with Crippen molar-refractivity contribution in [2.75, 3.05) is 5.75 Å². The van der Waals surface area contributed by atoms with Crippen LogP contribution >= 0.6 is 21.6 Å². The van der Waals surface area contributed by atoms with Crippen molar-refractivity contribution in [3.05, 3.63) is 0 Å². The Morgan fingerprint density at radius 3 is 2.40 bits per heavy atom. The summed E-state index contributed by atoms with van der Waals surface area (Å²) < 4.78 is 0. The molecule has 0 aromatic heterocycles. The molecule has 1 heterocycles. The number of guanidine groups is 1. The molecule has 0 saturated carbocycles. The summed E-state index contributed by atoms with van der Waals surface area (Å²) in [5, 5.41) is 16.2. The highest BCUT2D eigenvalue weighted by atomic mass is 33.1. The van der Waals surface area contributed by atoms with Crippen LogP contribution in [0.15, 0.2) is 10.2 Å². The van der Waals surface area contributed by atoms with Gasteiger partial charge in [0, 0.05) is 23.1 Å². The van der Waals surface area contributed by atoms with E-state index in [9.17, 15) is 4.79 Å². The summed E-state index contributed by atoms with van der Waals surface area (Å²) in [4.78, 5) is 10.2. The summed E-state index contributed by atoms with van der Waals surface area (Å²) in [6, 6.07) is 0. The Balaban J connectivity index is 0.000000396. The Hall–Kier alpha value is -0.890. The van der Waals surface area contributed by atoms with Crippen molar-refractivity contribution in [1.82, 2.24) is 0 Å². The second kappa shape index (κ2) is 11.9. The van der Waals surface area contributed by atoms with E-state index in [0.29, 0.717) is 6.42 Å². The van der Waals surface area contributed by atoms with Crippen molar-refractivity contribution in [3.63, 3.8) is 0 Å². The van der Waals surface area contributed by atoms with Crippen LogP contribution in [0.25, 0.3) is 0 Å². The van der Waals surface area contributed by atoms with Crippen LogP contribution in [0.5, 0.6) is 0 Å². The lowest BCUT2D eigenvalue weighted by molar-refractivity contribution is -0.137. The van der Waals surface area contributed by atoms with Crippen LogP contribution < -0.4 is 11.5 Å². The zero-order chi connectivity index (χ0) is 15.4. The maximum atomic E-state index is 10.2. The molecule has 6 nitrogen and oxygen atoms in total. The van der Waals surface area contributed by atoms with Gasteiger partial charge < -0.3 is 16.6 Å².